The minimum atomic E-state index is -0.462. The van der Waals surface area contributed by atoms with Gasteiger partial charge in [-0.2, -0.15) is 5.10 Å². The molecule has 0 radical (unpaired) electrons. The monoisotopic (exact) mass is 670 g/mol. The lowest BCUT2D eigenvalue weighted by Gasteiger charge is -2.55. The van der Waals surface area contributed by atoms with Crippen molar-refractivity contribution in [2.45, 2.75) is 109 Å². The van der Waals surface area contributed by atoms with Crippen molar-refractivity contribution in [3.05, 3.63) is 54.1 Å². The van der Waals surface area contributed by atoms with Gasteiger partial charge in [0, 0.05) is 36.3 Å². The largest absolute Gasteiger partial charge is 0.496 e. The number of nitrogens with zero attached hydrogens (tertiary/aromatic N) is 6. The second-order valence-corrected chi connectivity index (χ2v) is 15.4. The van der Waals surface area contributed by atoms with E-state index in [0.717, 1.165) is 55.5 Å². The van der Waals surface area contributed by atoms with Crippen molar-refractivity contribution in [3.8, 4) is 17.0 Å². The van der Waals surface area contributed by atoms with E-state index in [1.165, 1.54) is 16.0 Å². The number of ether oxygens (including phenoxy) is 2. The molecule has 4 aliphatic carbocycles. The third kappa shape index (κ3) is 6.66. The average molecular weight is 671 g/mol. The van der Waals surface area contributed by atoms with Crippen LogP contribution in [-0.4, -0.2) is 80.7 Å². The number of rotatable bonds is 9. The van der Waals surface area contributed by atoms with Crippen LogP contribution >= 0.6 is 0 Å². The van der Waals surface area contributed by atoms with Crippen molar-refractivity contribution in [1.82, 2.24) is 24.6 Å². The molecule has 0 spiro atoms. The molecule has 2 amide bonds. The van der Waals surface area contributed by atoms with Crippen LogP contribution in [0.15, 0.2) is 43.0 Å². The van der Waals surface area contributed by atoms with Gasteiger partial charge in [-0.1, -0.05) is 12.1 Å². The van der Waals surface area contributed by atoms with Crippen LogP contribution in [0.5, 0.6) is 5.75 Å². The van der Waals surface area contributed by atoms with Gasteiger partial charge in [-0.15, -0.1) is 0 Å². The highest BCUT2D eigenvalue weighted by Gasteiger charge is 2.51. The van der Waals surface area contributed by atoms with E-state index < -0.39 is 6.10 Å². The van der Waals surface area contributed by atoms with E-state index in [-0.39, 0.29) is 40.9 Å². The summed E-state index contributed by atoms with van der Waals surface area (Å²) in [5, 5.41) is 14.1. The summed E-state index contributed by atoms with van der Waals surface area (Å²) in [5.41, 5.74) is 4.44. The standard InChI is InChI=1S/C38H50N6O5/c1-25(2)44-20-28(19-41-44)32-18-34(40-24-39-32)43(35(46)27-5-8-31(9-6-27)49-36(47)42-21-30(45)22-42)23-37-11-14-38(15-12-37,16-13-37)29-7-10-33(48-4)26(3)17-29/h7,10,17-20,24-25,27,30-31,45H,5-6,8-9,11-16,21-23H2,1-4H3/t27-,31-,37?,38?. The second kappa shape index (κ2) is 13.4. The first-order valence-electron chi connectivity index (χ1n) is 18.0. The van der Waals surface area contributed by atoms with Crippen LogP contribution < -0.4 is 9.64 Å². The minimum absolute atomic E-state index is 0.0289. The number of fused-ring (bicyclic) bond motifs is 3. The summed E-state index contributed by atoms with van der Waals surface area (Å²) in [6, 6.07) is 8.85. The van der Waals surface area contributed by atoms with Crippen molar-refractivity contribution >= 4 is 17.8 Å². The fourth-order valence-corrected chi connectivity index (χ4v) is 8.62. The SMILES string of the molecule is COc1ccc(C23CCC(CN(c4cc(-c5cnn(C(C)C)c5)ncn4)C(=O)[C@H]4CC[C@H](OC(=O)N5CC(O)C5)CC4)(CC2)CC3)cc1C. The van der Waals surface area contributed by atoms with Crippen LogP contribution in [0.4, 0.5) is 10.6 Å². The Morgan fingerprint density at radius 2 is 1.73 bits per heavy atom. The molecule has 0 atom stereocenters. The van der Waals surface area contributed by atoms with Crippen LogP contribution in [0.25, 0.3) is 11.3 Å². The number of amides is 2. The first-order chi connectivity index (χ1) is 23.6. The Hall–Kier alpha value is -3.99. The minimum Gasteiger partial charge on any atom is -0.496 e. The first-order valence-corrected chi connectivity index (χ1v) is 18.0. The predicted octanol–water partition coefficient (Wildman–Crippen LogP) is 6.24. The Kier molecular flexibility index (Phi) is 9.15. The molecule has 1 aliphatic heterocycles. The van der Waals surface area contributed by atoms with Crippen molar-refractivity contribution in [1.29, 1.82) is 0 Å². The summed E-state index contributed by atoms with van der Waals surface area (Å²) in [4.78, 5) is 39.8. The number of carbonyl (C=O) groups excluding carboxylic acids is 2. The fourth-order valence-electron chi connectivity index (χ4n) is 8.62. The lowest BCUT2D eigenvalue weighted by Crippen LogP contribution is -2.54. The van der Waals surface area contributed by atoms with Crippen molar-refractivity contribution in [2.24, 2.45) is 11.3 Å². The summed E-state index contributed by atoms with van der Waals surface area (Å²) in [7, 11) is 1.73. The summed E-state index contributed by atoms with van der Waals surface area (Å²) >= 11 is 0. The maximum atomic E-state index is 14.6. The van der Waals surface area contributed by atoms with E-state index in [0.29, 0.717) is 51.1 Å². The van der Waals surface area contributed by atoms with Crippen LogP contribution in [-0.2, 0) is 14.9 Å². The van der Waals surface area contributed by atoms with Crippen molar-refractivity contribution in [3.63, 3.8) is 0 Å². The van der Waals surface area contributed by atoms with E-state index in [1.54, 1.807) is 13.4 Å². The van der Waals surface area contributed by atoms with Gasteiger partial charge in [-0.05, 0) is 113 Å². The van der Waals surface area contributed by atoms with Crippen LogP contribution in [0.2, 0.25) is 0 Å². The zero-order valence-corrected chi connectivity index (χ0v) is 29.3. The first kappa shape index (κ1) is 33.5. The van der Waals surface area contributed by atoms with Crippen LogP contribution in [0.3, 0.4) is 0 Å². The number of anilines is 1. The molecule has 4 saturated carbocycles. The molecule has 11 nitrogen and oxygen atoms in total. The van der Waals surface area contributed by atoms with Crippen LogP contribution in [0.1, 0.15) is 95.2 Å². The van der Waals surface area contributed by atoms with Gasteiger partial charge in [0.15, 0.2) is 0 Å². The highest BCUT2D eigenvalue weighted by atomic mass is 16.6. The number of hydrogen-bond acceptors (Lipinski definition) is 8. The molecule has 1 saturated heterocycles. The predicted molar refractivity (Wildman–Crippen MR) is 185 cm³/mol. The number of hydrogen-bond donors (Lipinski definition) is 1. The summed E-state index contributed by atoms with van der Waals surface area (Å²) in [5.74, 6) is 1.49. The van der Waals surface area contributed by atoms with E-state index in [1.807, 2.05) is 28.0 Å². The van der Waals surface area contributed by atoms with Gasteiger partial charge in [0.1, 0.15) is 24.0 Å². The van der Waals surface area contributed by atoms with Crippen LogP contribution in [0, 0.1) is 18.3 Å². The molecule has 0 unspecified atom stereocenters. The molecule has 2 bridgehead atoms. The number of methoxy groups -OCH3 is 1. The maximum absolute atomic E-state index is 14.6. The number of aliphatic hydroxyl groups is 1. The van der Waals surface area contributed by atoms with E-state index in [9.17, 15) is 14.7 Å². The fraction of sp³-hybridized carbons (Fsp3) is 0.605. The Bertz CT molecular complexity index is 1650. The van der Waals surface area contributed by atoms with Gasteiger partial charge in [0.25, 0.3) is 0 Å². The molecule has 3 aromatic rings. The van der Waals surface area contributed by atoms with Crippen molar-refractivity contribution < 1.29 is 24.2 Å². The zero-order chi connectivity index (χ0) is 34.3. The Balaban J connectivity index is 1.10. The summed E-state index contributed by atoms with van der Waals surface area (Å²) in [6.07, 6.45) is 13.4. The Morgan fingerprint density at radius 3 is 2.35 bits per heavy atom. The maximum Gasteiger partial charge on any atom is 0.410 e. The highest BCUT2D eigenvalue weighted by molar-refractivity contribution is 5.94. The molecule has 49 heavy (non-hydrogen) atoms. The van der Waals surface area contributed by atoms with E-state index in [2.05, 4.69) is 49.1 Å². The van der Waals surface area contributed by atoms with Gasteiger partial charge >= 0.3 is 6.09 Å². The van der Waals surface area contributed by atoms with Crippen molar-refractivity contribution in [2.75, 3.05) is 31.6 Å². The quantitative estimate of drug-likeness (QED) is 0.284. The van der Waals surface area contributed by atoms with E-state index in [4.69, 9.17) is 14.5 Å². The number of β-amino-alcohol motifs (C(OH)–C–C–N with tert-alkyl or cyclic N) is 1. The molecule has 11 heteroatoms. The number of benzene rings is 1. The molecule has 2 aromatic heterocycles. The second-order valence-electron chi connectivity index (χ2n) is 15.4. The molecule has 262 valence electrons. The molecule has 8 rings (SSSR count). The number of likely N-dealkylation sites (tertiary alicyclic amines) is 1. The number of aromatic nitrogens is 4. The summed E-state index contributed by atoms with van der Waals surface area (Å²) in [6.45, 7) is 7.58. The third-order valence-electron chi connectivity index (χ3n) is 11.9. The molecular weight excluding hydrogens is 620 g/mol. The topological polar surface area (TPSA) is 123 Å². The number of aryl methyl sites for hydroxylation is 1. The third-order valence-corrected chi connectivity index (χ3v) is 11.9. The summed E-state index contributed by atoms with van der Waals surface area (Å²) < 4.78 is 13.2. The Morgan fingerprint density at radius 1 is 1.02 bits per heavy atom. The zero-order valence-electron chi connectivity index (χ0n) is 29.3. The highest BCUT2D eigenvalue weighted by Crippen LogP contribution is 2.58. The lowest BCUT2D eigenvalue weighted by atomic mass is 9.51. The molecule has 5 aliphatic rings. The van der Waals surface area contributed by atoms with E-state index >= 15 is 0 Å². The average Bonchev–Trinajstić information content (AvgIpc) is 3.61. The van der Waals surface area contributed by atoms with Gasteiger partial charge in [-0.25, -0.2) is 14.8 Å². The van der Waals surface area contributed by atoms with Gasteiger partial charge in [0.05, 0.1) is 38.2 Å². The van der Waals surface area contributed by atoms with Gasteiger partial charge in [0.2, 0.25) is 5.91 Å². The van der Waals surface area contributed by atoms with Gasteiger partial charge < -0.3 is 19.5 Å². The lowest BCUT2D eigenvalue weighted by molar-refractivity contribution is -0.124. The Labute approximate surface area is 289 Å². The smallest absolute Gasteiger partial charge is 0.410 e. The molecule has 5 fully saturated rings. The molecule has 1 aromatic carbocycles. The molecule has 1 N–H and O–H groups in total. The number of carbonyl (C=O) groups is 2. The van der Waals surface area contributed by atoms with Gasteiger partial charge in [-0.3, -0.25) is 14.4 Å². The molecule has 3 heterocycles. The number of aliphatic hydroxyl groups excluding tert-OH is 1. The normalized spacial score (nSPS) is 26.8. The molecular formula is C38H50N6O5.